The van der Waals surface area contributed by atoms with E-state index >= 15 is 0 Å². The number of hydrogen-bond donors (Lipinski definition) is 1. The first kappa shape index (κ1) is 12.6. The molecule has 4 nitrogen and oxygen atoms in total. The largest absolute Gasteiger partial charge is 0.398 e. The molecule has 0 saturated heterocycles. The van der Waals surface area contributed by atoms with E-state index < -0.39 is 0 Å². The van der Waals surface area contributed by atoms with Crippen LogP contribution in [0.25, 0.3) is 10.9 Å². The molecule has 0 unspecified atom stereocenters. The maximum atomic E-state index is 12.3. The number of benzene rings is 1. The topological polar surface area (TPSA) is 60.9 Å². The number of nitrogens with zero attached hydrogens (tertiary/aromatic N) is 2. The minimum atomic E-state index is -0.0534. The Morgan fingerprint density at radius 2 is 2.06 bits per heavy atom. The van der Waals surface area contributed by atoms with Crippen molar-refractivity contribution >= 4 is 16.6 Å². The van der Waals surface area contributed by atoms with Crippen molar-refractivity contribution in [3.05, 3.63) is 34.9 Å². The third kappa shape index (κ3) is 2.53. The maximum absolute atomic E-state index is 12.3. The molecule has 2 N–H and O–H groups in total. The Morgan fingerprint density at radius 3 is 2.72 bits per heavy atom. The van der Waals surface area contributed by atoms with Gasteiger partial charge in [0.15, 0.2) is 0 Å². The first-order valence-corrected chi connectivity index (χ1v) is 6.12. The van der Waals surface area contributed by atoms with Gasteiger partial charge in [0.05, 0.1) is 17.2 Å². The zero-order chi connectivity index (χ0) is 13.3. The van der Waals surface area contributed by atoms with E-state index in [-0.39, 0.29) is 11.0 Å². The van der Waals surface area contributed by atoms with Gasteiger partial charge in [0.1, 0.15) is 0 Å². The van der Waals surface area contributed by atoms with Crippen LogP contribution in [-0.4, -0.2) is 9.55 Å². The Morgan fingerprint density at radius 1 is 1.33 bits per heavy atom. The van der Waals surface area contributed by atoms with Gasteiger partial charge in [0.25, 0.3) is 5.56 Å². The minimum absolute atomic E-state index is 0.0534. The Balaban J connectivity index is 2.45. The van der Waals surface area contributed by atoms with Gasteiger partial charge in [-0.05, 0) is 24.0 Å². The van der Waals surface area contributed by atoms with Gasteiger partial charge < -0.3 is 5.73 Å². The number of anilines is 1. The molecule has 0 radical (unpaired) electrons. The van der Waals surface area contributed by atoms with Gasteiger partial charge in [0.2, 0.25) is 0 Å². The minimum Gasteiger partial charge on any atom is -0.398 e. The lowest BCUT2D eigenvalue weighted by atomic mass is 9.92. The number of nitrogens with two attached hydrogens (primary N) is 1. The van der Waals surface area contributed by atoms with Crippen molar-refractivity contribution in [3.63, 3.8) is 0 Å². The molecule has 0 spiro atoms. The number of aryl methyl sites for hydroxylation is 1. The van der Waals surface area contributed by atoms with Crippen LogP contribution in [0, 0.1) is 5.41 Å². The van der Waals surface area contributed by atoms with Crippen LogP contribution in [0.15, 0.2) is 29.3 Å². The smallest absolute Gasteiger partial charge is 0.263 e. The van der Waals surface area contributed by atoms with Gasteiger partial charge >= 0.3 is 0 Å². The van der Waals surface area contributed by atoms with Crippen molar-refractivity contribution in [2.75, 3.05) is 5.73 Å². The van der Waals surface area contributed by atoms with Gasteiger partial charge in [-0.25, -0.2) is 4.98 Å². The summed E-state index contributed by atoms with van der Waals surface area (Å²) >= 11 is 0. The summed E-state index contributed by atoms with van der Waals surface area (Å²) in [5, 5.41) is 0.522. The highest BCUT2D eigenvalue weighted by Crippen LogP contribution is 2.19. The number of rotatable bonds is 2. The average Bonchev–Trinajstić information content (AvgIpc) is 2.27. The van der Waals surface area contributed by atoms with E-state index in [1.54, 1.807) is 23.0 Å². The predicted molar refractivity (Wildman–Crippen MR) is 74.5 cm³/mol. The Bertz CT molecular complexity index is 623. The monoisotopic (exact) mass is 245 g/mol. The molecule has 1 aromatic carbocycles. The molecule has 18 heavy (non-hydrogen) atoms. The first-order valence-electron chi connectivity index (χ1n) is 6.12. The summed E-state index contributed by atoms with van der Waals surface area (Å²) in [5.74, 6) is 0. The third-order valence-electron chi connectivity index (χ3n) is 2.99. The van der Waals surface area contributed by atoms with Gasteiger partial charge in [-0.1, -0.05) is 26.8 Å². The molecule has 0 amide bonds. The van der Waals surface area contributed by atoms with E-state index in [1.165, 1.54) is 0 Å². The van der Waals surface area contributed by atoms with Crippen molar-refractivity contribution < 1.29 is 0 Å². The van der Waals surface area contributed by atoms with Crippen molar-refractivity contribution in [2.24, 2.45) is 5.41 Å². The molecule has 2 rings (SSSR count). The van der Waals surface area contributed by atoms with E-state index in [0.29, 0.717) is 23.1 Å². The molecule has 0 aliphatic heterocycles. The quantitative estimate of drug-likeness (QED) is 0.826. The standard InChI is InChI=1S/C14H19N3O/c1-14(2,3)7-8-17-9-16-11-6-4-5-10(15)12(11)13(17)18/h4-6,9H,7-8,15H2,1-3H3. The number of fused-ring (bicyclic) bond motifs is 1. The lowest BCUT2D eigenvalue weighted by Gasteiger charge is -2.18. The molecule has 1 aromatic heterocycles. The summed E-state index contributed by atoms with van der Waals surface area (Å²) in [4.78, 5) is 16.6. The fourth-order valence-corrected chi connectivity index (χ4v) is 1.84. The summed E-state index contributed by atoms with van der Waals surface area (Å²) in [5.41, 5.74) is 7.15. The molecule has 0 aliphatic rings. The molecule has 0 fully saturated rings. The van der Waals surface area contributed by atoms with E-state index in [4.69, 9.17) is 5.73 Å². The molecular formula is C14H19N3O. The molecular weight excluding hydrogens is 226 g/mol. The average molecular weight is 245 g/mol. The van der Waals surface area contributed by atoms with Crippen LogP contribution in [0.4, 0.5) is 5.69 Å². The SMILES string of the molecule is CC(C)(C)CCn1cnc2cccc(N)c2c1=O. The van der Waals surface area contributed by atoms with Crippen molar-refractivity contribution in [1.29, 1.82) is 0 Å². The molecule has 0 aliphatic carbocycles. The number of aromatic nitrogens is 2. The summed E-state index contributed by atoms with van der Waals surface area (Å²) in [6.45, 7) is 7.13. The molecule has 0 atom stereocenters. The van der Waals surface area contributed by atoms with E-state index in [2.05, 4.69) is 25.8 Å². The molecule has 2 aromatic rings. The number of nitrogen functional groups attached to an aromatic ring is 1. The highest BCUT2D eigenvalue weighted by atomic mass is 16.1. The molecule has 0 bridgehead atoms. The Labute approximate surface area is 106 Å². The van der Waals surface area contributed by atoms with Gasteiger partial charge in [-0.3, -0.25) is 9.36 Å². The van der Waals surface area contributed by atoms with E-state index in [1.807, 2.05) is 6.07 Å². The summed E-state index contributed by atoms with van der Waals surface area (Å²) < 4.78 is 1.64. The Kier molecular flexibility index (Phi) is 3.11. The molecule has 96 valence electrons. The van der Waals surface area contributed by atoms with Crippen LogP contribution >= 0.6 is 0 Å². The summed E-state index contributed by atoms with van der Waals surface area (Å²) in [7, 11) is 0. The zero-order valence-corrected chi connectivity index (χ0v) is 11.1. The van der Waals surface area contributed by atoms with Crippen LogP contribution < -0.4 is 11.3 Å². The van der Waals surface area contributed by atoms with Crippen molar-refractivity contribution in [2.45, 2.75) is 33.7 Å². The van der Waals surface area contributed by atoms with Crippen LogP contribution in [0.3, 0.4) is 0 Å². The Hall–Kier alpha value is -1.84. The van der Waals surface area contributed by atoms with E-state index in [9.17, 15) is 4.79 Å². The second-order valence-corrected chi connectivity index (χ2v) is 5.80. The second-order valence-electron chi connectivity index (χ2n) is 5.80. The first-order chi connectivity index (χ1) is 8.38. The fraction of sp³-hybridized carbons (Fsp3) is 0.429. The van der Waals surface area contributed by atoms with Gasteiger partial charge in [0, 0.05) is 12.2 Å². The predicted octanol–water partition coefficient (Wildman–Crippen LogP) is 2.41. The fourth-order valence-electron chi connectivity index (χ4n) is 1.84. The van der Waals surface area contributed by atoms with Crippen LogP contribution in [0.2, 0.25) is 0 Å². The van der Waals surface area contributed by atoms with Gasteiger partial charge in [-0.2, -0.15) is 0 Å². The van der Waals surface area contributed by atoms with Crippen molar-refractivity contribution in [3.8, 4) is 0 Å². The van der Waals surface area contributed by atoms with Crippen LogP contribution in [-0.2, 0) is 6.54 Å². The zero-order valence-electron chi connectivity index (χ0n) is 11.1. The third-order valence-corrected chi connectivity index (χ3v) is 2.99. The number of hydrogen-bond acceptors (Lipinski definition) is 3. The summed E-state index contributed by atoms with van der Waals surface area (Å²) in [6.07, 6.45) is 2.53. The highest BCUT2D eigenvalue weighted by Gasteiger charge is 2.12. The molecule has 4 heteroatoms. The molecule has 0 saturated carbocycles. The summed E-state index contributed by atoms with van der Waals surface area (Å²) in [6, 6.07) is 5.35. The van der Waals surface area contributed by atoms with Crippen LogP contribution in [0.1, 0.15) is 27.2 Å². The lowest BCUT2D eigenvalue weighted by molar-refractivity contribution is 0.347. The normalized spacial score (nSPS) is 11.9. The van der Waals surface area contributed by atoms with E-state index in [0.717, 1.165) is 6.42 Å². The maximum Gasteiger partial charge on any atom is 0.263 e. The van der Waals surface area contributed by atoms with Gasteiger partial charge in [-0.15, -0.1) is 0 Å². The lowest BCUT2D eigenvalue weighted by Crippen LogP contribution is -2.23. The van der Waals surface area contributed by atoms with Crippen molar-refractivity contribution in [1.82, 2.24) is 9.55 Å². The molecule has 1 heterocycles. The highest BCUT2D eigenvalue weighted by molar-refractivity contribution is 5.89. The second kappa shape index (κ2) is 4.44. The van der Waals surface area contributed by atoms with Crippen LogP contribution in [0.5, 0.6) is 0 Å².